The zero-order valence-electron chi connectivity index (χ0n) is 13.4. The Bertz CT molecular complexity index is 512. The molecule has 0 saturated carbocycles. The first-order chi connectivity index (χ1) is 7.90. The van der Waals surface area contributed by atoms with Crippen LogP contribution in [0.15, 0.2) is 18.2 Å². The zero-order valence-corrected chi connectivity index (χ0v) is 12.4. The minimum absolute atomic E-state index is 0. The normalized spacial score (nSPS) is 22.0. The molecule has 0 unspecified atom stereocenters. The third kappa shape index (κ3) is 2.00. The van der Waals surface area contributed by atoms with Crippen molar-refractivity contribution < 1.29 is 20.3 Å². The van der Waals surface area contributed by atoms with E-state index in [-0.39, 0.29) is 20.3 Å². The smallest absolute Gasteiger partial charge is 1.00 e. The SMILES string of the molecule is CC1(C)CCC(C)(C)c2cc3c(cc21)C=CC3.[H-].[Li+]. The summed E-state index contributed by atoms with van der Waals surface area (Å²) in [4.78, 5) is 0. The van der Waals surface area contributed by atoms with Crippen LogP contribution in [0.25, 0.3) is 6.08 Å². The summed E-state index contributed by atoms with van der Waals surface area (Å²) < 4.78 is 0. The van der Waals surface area contributed by atoms with Gasteiger partial charge in [-0.1, -0.05) is 52.0 Å². The molecule has 0 atom stereocenters. The molecule has 3 rings (SSSR count). The Morgan fingerprint density at radius 1 is 0.944 bits per heavy atom. The van der Waals surface area contributed by atoms with E-state index in [0.717, 1.165) is 6.42 Å². The average molecular weight is 234 g/mol. The number of rotatable bonds is 0. The summed E-state index contributed by atoms with van der Waals surface area (Å²) in [7, 11) is 0. The van der Waals surface area contributed by atoms with E-state index >= 15 is 0 Å². The molecule has 0 N–H and O–H groups in total. The molecular formula is C17H23Li. The molecule has 92 valence electrons. The molecule has 1 aromatic carbocycles. The number of hydrogen-bond acceptors (Lipinski definition) is 0. The molecule has 0 aromatic heterocycles. The molecule has 0 aliphatic heterocycles. The van der Waals surface area contributed by atoms with E-state index in [9.17, 15) is 0 Å². The Labute approximate surface area is 125 Å². The van der Waals surface area contributed by atoms with Gasteiger partial charge in [0.15, 0.2) is 0 Å². The number of hydrogen-bond donors (Lipinski definition) is 0. The summed E-state index contributed by atoms with van der Waals surface area (Å²) >= 11 is 0. The minimum Gasteiger partial charge on any atom is -1.00 e. The van der Waals surface area contributed by atoms with Gasteiger partial charge in [-0.05, 0) is 52.3 Å². The molecule has 2 aliphatic rings. The van der Waals surface area contributed by atoms with Crippen molar-refractivity contribution in [1.82, 2.24) is 0 Å². The van der Waals surface area contributed by atoms with Gasteiger partial charge in [0, 0.05) is 0 Å². The fraction of sp³-hybridized carbons (Fsp3) is 0.529. The van der Waals surface area contributed by atoms with Gasteiger partial charge in [0.25, 0.3) is 0 Å². The third-order valence-corrected chi connectivity index (χ3v) is 4.75. The van der Waals surface area contributed by atoms with Crippen molar-refractivity contribution in [2.45, 2.75) is 57.8 Å². The summed E-state index contributed by atoms with van der Waals surface area (Å²) in [5.74, 6) is 0. The molecule has 0 heterocycles. The van der Waals surface area contributed by atoms with Crippen LogP contribution in [0.1, 0.15) is 64.2 Å². The second kappa shape index (κ2) is 4.29. The van der Waals surface area contributed by atoms with E-state index in [1.165, 1.54) is 24.0 Å². The Morgan fingerprint density at radius 2 is 1.50 bits per heavy atom. The molecule has 0 bridgehead atoms. The zero-order chi connectivity index (χ0) is 12.3. The van der Waals surface area contributed by atoms with Crippen molar-refractivity contribution in [3.8, 4) is 0 Å². The molecular weight excluding hydrogens is 211 g/mol. The van der Waals surface area contributed by atoms with Crippen LogP contribution in [-0.4, -0.2) is 0 Å². The van der Waals surface area contributed by atoms with E-state index in [4.69, 9.17) is 0 Å². The number of benzene rings is 1. The fourth-order valence-electron chi connectivity index (χ4n) is 3.32. The molecule has 0 spiro atoms. The van der Waals surface area contributed by atoms with Crippen LogP contribution in [-0.2, 0) is 17.3 Å². The van der Waals surface area contributed by atoms with Crippen molar-refractivity contribution in [3.63, 3.8) is 0 Å². The maximum atomic E-state index is 2.48. The van der Waals surface area contributed by atoms with E-state index in [1.54, 1.807) is 11.1 Å². The van der Waals surface area contributed by atoms with E-state index in [2.05, 4.69) is 52.0 Å². The van der Waals surface area contributed by atoms with Gasteiger partial charge >= 0.3 is 18.9 Å². The quantitative estimate of drug-likeness (QED) is 0.600. The van der Waals surface area contributed by atoms with Crippen LogP contribution in [0, 0.1) is 0 Å². The summed E-state index contributed by atoms with van der Waals surface area (Å²) in [5, 5.41) is 0. The van der Waals surface area contributed by atoms with Crippen molar-refractivity contribution >= 4 is 6.08 Å². The fourth-order valence-corrected chi connectivity index (χ4v) is 3.32. The van der Waals surface area contributed by atoms with Gasteiger partial charge < -0.3 is 1.43 Å². The second-order valence-corrected chi connectivity index (χ2v) is 6.97. The predicted molar refractivity (Wildman–Crippen MR) is 75.6 cm³/mol. The topological polar surface area (TPSA) is 0 Å². The van der Waals surface area contributed by atoms with Gasteiger partial charge in [0.2, 0.25) is 0 Å². The molecule has 2 aliphatic carbocycles. The average Bonchev–Trinajstić information content (AvgIpc) is 2.70. The maximum Gasteiger partial charge on any atom is 1.00 e. The van der Waals surface area contributed by atoms with E-state index < -0.39 is 0 Å². The maximum absolute atomic E-state index is 2.48. The molecule has 0 nitrogen and oxygen atoms in total. The molecule has 18 heavy (non-hydrogen) atoms. The van der Waals surface area contributed by atoms with Crippen molar-refractivity contribution in [1.29, 1.82) is 0 Å². The second-order valence-electron chi connectivity index (χ2n) is 6.97. The Kier molecular flexibility index (Phi) is 3.33. The molecule has 1 aromatic rings. The van der Waals surface area contributed by atoms with E-state index in [1.807, 2.05) is 0 Å². The Balaban J connectivity index is 0.000000902. The van der Waals surface area contributed by atoms with Crippen LogP contribution < -0.4 is 18.9 Å². The first-order valence-corrected chi connectivity index (χ1v) is 6.75. The largest absolute Gasteiger partial charge is 1.00 e. The molecule has 0 fully saturated rings. The van der Waals surface area contributed by atoms with Crippen LogP contribution in [0.2, 0.25) is 0 Å². The van der Waals surface area contributed by atoms with Gasteiger partial charge in [0.1, 0.15) is 0 Å². The summed E-state index contributed by atoms with van der Waals surface area (Å²) in [5.41, 5.74) is 6.85. The van der Waals surface area contributed by atoms with Gasteiger partial charge in [-0.2, -0.15) is 0 Å². The minimum atomic E-state index is 0. The van der Waals surface area contributed by atoms with Gasteiger partial charge in [-0.15, -0.1) is 0 Å². The van der Waals surface area contributed by atoms with Crippen LogP contribution >= 0.6 is 0 Å². The standard InChI is InChI=1S/C17H22.Li.H/c1-16(2)8-9-17(3,4)15-11-13-7-5-6-12(13)10-14(15)16;;/h5-6,10-11H,7-9H2,1-4H3;;/q;+1;-1. The molecule has 0 amide bonds. The summed E-state index contributed by atoms with van der Waals surface area (Å²) in [6.07, 6.45) is 8.30. The summed E-state index contributed by atoms with van der Waals surface area (Å²) in [6, 6.07) is 4.93. The Hall–Kier alpha value is -0.443. The van der Waals surface area contributed by atoms with Crippen molar-refractivity contribution in [3.05, 3.63) is 40.5 Å². The van der Waals surface area contributed by atoms with Crippen LogP contribution in [0.4, 0.5) is 0 Å². The van der Waals surface area contributed by atoms with Crippen molar-refractivity contribution in [2.24, 2.45) is 0 Å². The van der Waals surface area contributed by atoms with Crippen LogP contribution in [0.5, 0.6) is 0 Å². The Morgan fingerprint density at radius 3 is 2.11 bits per heavy atom. The summed E-state index contributed by atoms with van der Waals surface area (Å²) in [6.45, 7) is 9.59. The first kappa shape index (κ1) is 14.0. The third-order valence-electron chi connectivity index (χ3n) is 4.75. The first-order valence-electron chi connectivity index (χ1n) is 6.75. The monoisotopic (exact) mass is 234 g/mol. The van der Waals surface area contributed by atoms with Gasteiger partial charge in [-0.25, -0.2) is 0 Å². The number of allylic oxidation sites excluding steroid dienone is 1. The van der Waals surface area contributed by atoms with E-state index in [0.29, 0.717) is 10.8 Å². The van der Waals surface area contributed by atoms with Crippen molar-refractivity contribution in [2.75, 3.05) is 0 Å². The predicted octanol–water partition coefficient (Wildman–Crippen LogP) is 1.72. The molecule has 0 radical (unpaired) electrons. The van der Waals surface area contributed by atoms with Gasteiger partial charge in [0.05, 0.1) is 0 Å². The molecule has 0 saturated heterocycles. The number of fused-ring (bicyclic) bond motifs is 2. The molecule has 1 heteroatoms. The van der Waals surface area contributed by atoms with Gasteiger partial charge in [-0.3, -0.25) is 0 Å². The van der Waals surface area contributed by atoms with Crippen LogP contribution in [0.3, 0.4) is 0 Å².